The summed E-state index contributed by atoms with van der Waals surface area (Å²) in [6.45, 7) is 2.05. The number of halogens is 4. The number of nitrogens with one attached hydrogen (secondary N) is 1. The van der Waals surface area contributed by atoms with E-state index in [-0.39, 0.29) is 16.8 Å². The van der Waals surface area contributed by atoms with E-state index in [1.54, 1.807) is 0 Å². The van der Waals surface area contributed by atoms with Gasteiger partial charge in [-0.3, -0.25) is 0 Å². The quantitative estimate of drug-likeness (QED) is 0.806. The lowest BCUT2D eigenvalue weighted by molar-refractivity contribution is -0.137. The lowest BCUT2D eigenvalue weighted by Crippen LogP contribution is -2.24. The third-order valence-electron chi connectivity index (χ3n) is 3.51. The number of alkyl halides is 3. The largest absolute Gasteiger partial charge is 0.418 e. The average Bonchev–Trinajstić information content (AvgIpc) is 2.66. The zero-order valence-electron chi connectivity index (χ0n) is 10.0. The highest BCUT2D eigenvalue weighted by molar-refractivity contribution is 6.33. The molecule has 100 valence electrons. The predicted octanol–water partition coefficient (Wildman–Crippen LogP) is 4.96. The van der Waals surface area contributed by atoms with Crippen molar-refractivity contribution in [2.75, 3.05) is 5.32 Å². The lowest BCUT2D eigenvalue weighted by Gasteiger charge is -2.22. The number of hydrogen-bond donors (Lipinski definition) is 1. The van der Waals surface area contributed by atoms with Gasteiger partial charge in [0.2, 0.25) is 0 Å². The first-order chi connectivity index (χ1) is 8.39. The summed E-state index contributed by atoms with van der Waals surface area (Å²) in [6, 6.07) is 3.95. The van der Waals surface area contributed by atoms with Crippen LogP contribution in [0.4, 0.5) is 18.9 Å². The van der Waals surface area contributed by atoms with E-state index in [1.165, 1.54) is 12.1 Å². The van der Waals surface area contributed by atoms with Gasteiger partial charge in [0.1, 0.15) is 0 Å². The average molecular weight is 278 g/mol. The van der Waals surface area contributed by atoms with Gasteiger partial charge in [0.05, 0.1) is 16.3 Å². The van der Waals surface area contributed by atoms with Crippen LogP contribution in [0.5, 0.6) is 0 Å². The fourth-order valence-electron chi connectivity index (χ4n) is 2.45. The minimum absolute atomic E-state index is 0.0189. The van der Waals surface area contributed by atoms with Crippen LogP contribution in [-0.4, -0.2) is 6.04 Å². The van der Waals surface area contributed by atoms with Crippen LogP contribution in [0, 0.1) is 5.92 Å². The number of hydrogen-bond acceptors (Lipinski definition) is 1. The summed E-state index contributed by atoms with van der Waals surface area (Å²) in [4.78, 5) is 0. The van der Waals surface area contributed by atoms with Crippen LogP contribution in [0.3, 0.4) is 0 Å². The Hall–Kier alpha value is -0.900. The molecule has 2 atom stereocenters. The first-order valence-electron chi connectivity index (χ1n) is 6.02. The molecular formula is C13H15ClF3N. The van der Waals surface area contributed by atoms with Gasteiger partial charge in [0, 0.05) is 6.04 Å². The smallest absolute Gasteiger partial charge is 0.380 e. The van der Waals surface area contributed by atoms with Crippen molar-refractivity contribution in [1.82, 2.24) is 0 Å². The summed E-state index contributed by atoms with van der Waals surface area (Å²) in [7, 11) is 0. The van der Waals surface area contributed by atoms with Crippen molar-refractivity contribution >= 4 is 17.3 Å². The Morgan fingerprint density at radius 1 is 1.28 bits per heavy atom. The first kappa shape index (κ1) is 13.5. The van der Waals surface area contributed by atoms with Crippen molar-refractivity contribution < 1.29 is 13.2 Å². The number of anilines is 1. The Balaban J connectivity index is 2.31. The summed E-state index contributed by atoms with van der Waals surface area (Å²) >= 11 is 5.90. The Bertz CT molecular complexity index is 431. The topological polar surface area (TPSA) is 12.0 Å². The minimum Gasteiger partial charge on any atom is -0.380 e. The molecule has 0 radical (unpaired) electrons. The molecule has 1 N–H and O–H groups in total. The molecule has 1 saturated carbocycles. The van der Waals surface area contributed by atoms with Crippen LogP contribution in [-0.2, 0) is 6.18 Å². The molecular weight excluding hydrogens is 263 g/mol. The minimum atomic E-state index is -4.38. The molecule has 0 saturated heterocycles. The van der Waals surface area contributed by atoms with E-state index >= 15 is 0 Å². The third-order valence-corrected chi connectivity index (χ3v) is 3.83. The molecule has 1 fully saturated rings. The van der Waals surface area contributed by atoms with Crippen LogP contribution in [0.2, 0.25) is 5.02 Å². The number of rotatable bonds is 2. The van der Waals surface area contributed by atoms with Gasteiger partial charge in [-0.1, -0.05) is 31.0 Å². The van der Waals surface area contributed by atoms with Gasteiger partial charge in [-0.2, -0.15) is 13.2 Å². The zero-order valence-corrected chi connectivity index (χ0v) is 10.8. The molecule has 1 aliphatic carbocycles. The molecule has 1 aromatic rings. The van der Waals surface area contributed by atoms with Crippen molar-refractivity contribution in [2.45, 2.75) is 38.4 Å². The summed E-state index contributed by atoms with van der Waals surface area (Å²) in [6.07, 6.45) is -1.40. The van der Waals surface area contributed by atoms with Crippen molar-refractivity contribution in [2.24, 2.45) is 5.92 Å². The van der Waals surface area contributed by atoms with E-state index in [4.69, 9.17) is 11.6 Å². The molecule has 2 rings (SSSR count). The van der Waals surface area contributed by atoms with Gasteiger partial charge in [0.15, 0.2) is 0 Å². The molecule has 2 unspecified atom stereocenters. The molecule has 0 bridgehead atoms. The Morgan fingerprint density at radius 3 is 2.56 bits per heavy atom. The lowest BCUT2D eigenvalue weighted by atomic mass is 10.0. The van der Waals surface area contributed by atoms with Crippen LogP contribution >= 0.6 is 11.6 Å². The maximum Gasteiger partial charge on any atom is 0.418 e. The second kappa shape index (κ2) is 5.00. The number of benzene rings is 1. The summed E-state index contributed by atoms with van der Waals surface area (Å²) in [5.41, 5.74) is -0.667. The highest BCUT2D eigenvalue weighted by Crippen LogP contribution is 2.40. The normalized spacial score (nSPS) is 24.3. The first-order valence-corrected chi connectivity index (χ1v) is 6.39. The molecule has 1 nitrogen and oxygen atoms in total. The van der Waals surface area contributed by atoms with Gasteiger partial charge < -0.3 is 5.32 Å². The van der Waals surface area contributed by atoms with E-state index in [1.807, 2.05) is 0 Å². The van der Waals surface area contributed by atoms with Crippen LogP contribution in [0.1, 0.15) is 31.7 Å². The van der Waals surface area contributed by atoms with Crippen LogP contribution in [0.15, 0.2) is 18.2 Å². The van der Waals surface area contributed by atoms with Gasteiger partial charge in [0.25, 0.3) is 0 Å². The van der Waals surface area contributed by atoms with E-state index in [0.29, 0.717) is 5.92 Å². The zero-order chi connectivity index (χ0) is 13.3. The van der Waals surface area contributed by atoms with E-state index in [9.17, 15) is 13.2 Å². The summed E-state index contributed by atoms with van der Waals surface area (Å²) in [5.74, 6) is 0.377. The van der Waals surface area contributed by atoms with Crippen molar-refractivity contribution in [3.63, 3.8) is 0 Å². The van der Waals surface area contributed by atoms with Gasteiger partial charge in [-0.05, 0) is 30.9 Å². The maximum absolute atomic E-state index is 12.9. The highest BCUT2D eigenvalue weighted by Gasteiger charge is 2.35. The van der Waals surface area contributed by atoms with Crippen molar-refractivity contribution in [3.05, 3.63) is 28.8 Å². The molecule has 1 aromatic carbocycles. The van der Waals surface area contributed by atoms with Gasteiger partial charge in [-0.25, -0.2) is 0 Å². The highest BCUT2D eigenvalue weighted by atomic mass is 35.5. The fraction of sp³-hybridized carbons (Fsp3) is 0.538. The molecule has 0 amide bonds. The second-order valence-corrected chi connectivity index (χ2v) is 5.23. The second-order valence-electron chi connectivity index (χ2n) is 4.82. The fourth-order valence-corrected chi connectivity index (χ4v) is 2.68. The molecule has 0 aromatic heterocycles. The standard InChI is InChI=1S/C13H15ClF3N/c1-8-4-2-7-11(8)18-12-9(13(15,16)17)5-3-6-10(12)14/h3,5-6,8,11,18H,2,4,7H2,1H3. The van der Waals surface area contributed by atoms with E-state index in [0.717, 1.165) is 25.3 Å². The van der Waals surface area contributed by atoms with E-state index in [2.05, 4.69) is 12.2 Å². The molecule has 0 aliphatic heterocycles. The SMILES string of the molecule is CC1CCCC1Nc1c(Cl)cccc1C(F)(F)F. The van der Waals surface area contributed by atoms with Gasteiger partial charge in [-0.15, -0.1) is 0 Å². The number of para-hydroxylation sites is 1. The Labute approximate surface area is 109 Å². The molecule has 0 heterocycles. The maximum atomic E-state index is 12.9. The summed E-state index contributed by atoms with van der Waals surface area (Å²) < 4.78 is 38.7. The molecule has 18 heavy (non-hydrogen) atoms. The Kier molecular flexibility index (Phi) is 3.76. The monoisotopic (exact) mass is 277 g/mol. The third kappa shape index (κ3) is 2.74. The molecule has 1 aliphatic rings. The van der Waals surface area contributed by atoms with Crippen LogP contribution < -0.4 is 5.32 Å². The molecule has 5 heteroatoms. The van der Waals surface area contributed by atoms with Gasteiger partial charge >= 0.3 is 6.18 Å². The molecule has 0 spiro atoms. The van der Waals surface area contributed by atoms with Crippen molar-refractivity contribution in [1.29, 1.82) is 0 Å². The summed E-state index contributed by atoms with van der Waals surface area (Å²) in [5, 5.41) is 3.11. The Morgan fingerprint density at radius 2 is 2.00 bits per heavy atom. The van der Waals surface area contributed by atoms with Crippen molar-refractivity contribution in [3.8, 4) is 0 Å². The van der Waals surface area contributed by atoms with E-state index < -0.39 is 11.7 Å². The van der Waals surface area contributed by atoms with Crippen LogP contribution in [0.25, 0.3) is 0 Å². The predicted molar refractivity (Wildman–Crippen MR) is 66.9 cm³/mol.